The first kappa shape index (κ1) is 10.7. The second-order valence-electron chi connectivity index (χ2n) is 4.91. The molecule has 2 unspecified atom stereocenters. The number of hydrogen-bond acceptors (Lipinski definition) is 2. The van der Waals surface area contributed by atoms with Gasteiger partial charge in [-0.1, -0.05) is 6.92 Å². The molecule has 2 rings (SSSR count). The van der Waals surface area contributed by atoms with Crippen LogP contribution in [0.2, 0.25) is 0 Å². The van der Waals surface area contributed by atoms with Crippen LogP contribution in [0.25, 0.3) is 0 Å². The van der Waals surface area contributed by atoms with Crippen LogP contribution in [0.1, 0.15) is 19.8 Å². The van der Waals surface area contributed by atoms with Crippen LogP contribution in [0, 0.1) is 11.8 Å². The minimum absolute atomic E-state index is 0.124. The molecule has 0 bridgehead atoms. The predicted molar refractivity (Wildman–Crippen MR) is 59.7 cm³/mol. The Bertz CT molecular complexity index is 226. The average molecular weight is 211 g/mol. The zero-order valence-corrected chi connectivity index (χ0v) is 9.46. The molecule has 2 N–H and O–H groups in total. The lowest BCUT2D eigenvalue weighted by atomic mass is 9.98. The van der Waals surface area contributed by atoms with Gasteiger partial charge in [0.2, 0.25) is 0 Å². The van der Waals surface area contributed by atoms with E-state index in [0.717, 1.165) is 32.7 Å². The lowest BCUT2D eigenvalue weighted by Gasteiger charge is -2.35. The van der Waals surface area contributed by atoms with Gasteiger partial charge in [-0.2, -0.15) is 0 Å². The van der Waals surface area contributed by atoms with Crippen molar-refractivity contribution in [3.05, 3.63) is 0 Å². The number of amides is 2. The van der Waals surface area contributed by atoms with E-state index in [1.54, 1.807) is 0 Å². The quantitative estimate of drug-likeness (QED) is 0.704. The highest BCUT2D eigenvalue weighted by Crippen LogP contribution is 2.14. The van der Waals surface area contributed by atoms with Gasteiger partial charge in [0.05, 0.1) is 0 Å². The predicted octanol–water partition coefficient (Wildman–Crippen LogP) is 0.647. The smallest absolute Gasteiger partial charge is 0.317 e. The number of piperidine rings is 1. The standard InChI is InChI=1S/C11H21N3O/c1-9-5-13-11(15)14(7-9)8-10-3-2-4-12-6-10/h9-10,12H,2-8H2,1H3,(H,13,15). The van der Waals surface area contributed by atoms with Crippen LogP contribution < -0.4 is 10.6 Å². The van der Waals surface area contributed by atoms with Crippen LogP contribution in [0.5, 0.6) is 0 Å². The molecule has 0 aromatic rings. The van der Waals surface area contributed by atoms with E-state index in [-0.39, 0.29) is 6.03 Å². The Hall–Kier alpha value is -0.770. The molecule has 2 aliphatic heterocycles. The molecule has 2 aliphatic rings. The third kappa shape index (κ3) is 2.84. The van der Waals surface area contributed by atoms with Crippen molar-refractivity contribution in [1.82, 2.24) is 15.5 Å². The number of carbonyl (C=O) groups is 1. The summed E-state index contributed by atoms with van der Waals surface area (Å²) in [6, 6.07) is 0.124. The van der Waals surface area contributed by atoms with E-state index in [4.69, 9.17) is 0 Å². The Labute approximate surface area is 91.4 Å². The molecule has 0 saturated carbocycles. The number of rotatable bonds is 2. The molecule has 0 aromatic heterocycles. The second kappa shape index (κ2) is 4.84. The van der Waals surface area contributed by atoms with E-state index >= 15 is 0 Å². The van der Waals surface area contributed by atoms with Gasteiger partial charge in [-0.05, 0) is 37.8 Å². The number of nitrogens with zero attached hydrogens (tertiary/aromatic N) is 1. The topological polar surface area (TPSA) is 44.4 Å². The maximum atomic E-state index is 11.6. The van der Waals surface area contributed by atoms with E-state index in [9.17, 15) is 4.79 Å². The minimum Gasteiger partial charge on any atom is -0.338 e. The monoisotopic (exact) mass is 211 g/mol. The summed E-state index contributed by atoms with van der Waals surface area (Å²) in [7, 11) is 0. The van der Waals surface area contributed by atoms with Gasteiger partial charge >= 0.3 is 6.03 Å². The van der Waals surface area contributed by atoms with Gasteiger partial charge < -0.3 is 15.5 Å². The number of nitrogens with one attached hydrogen (secondary N) is 2. The maximum absolute atomic E-state index is 11.6. The summed E-state index contributed by atoms with van der Waals surface area (Å²) in [5, 5.41) is 6.33. The molecular weight excluding hydrogens is 190 g/mol. The van der Waals surface area contributed by atoms with Crippen LogP contribution in [-0.2, 0) is 0 Å². The summed E-state index contributed by atoms with van der Waals surface area (Å²) in [4.78, 5) is 13.6. The number of urea groups is 1. The van der Waals surface area contributed by atoms with Gasteiger partial charge in [-0.25, -0.2) is 4.79 Å². The molecule has 2 heterocycles. The number of carbonyl (C=O) groups excluding carboxylic acids is 1. The van der Waals surface area contributed by atoms with Gasteiger partial charge in [0.25, 0.3) is 0 Å². The van der Waals surface area contributed by atoms with E-state index < -0.39 is 0 Å². The van der Waals surface area contributed by atoms with E-state index in [0.29, 0.717) is 11.8 Å². The fraction of sp³-hybridized carbons (Fsp3) is 0.909. The van der Waals surface area contributed by atoms with Crippen molar-refractivity contribution in [3.8, 4) is 0 Å². The lowest BCUT2D eigenvalue weighted by Crippen LogP contribution is -2.52. The molecular formula is C11H21N3O. The van der Waals surface area contributed by atoms with Crippen molar-refractivity contribution in [3.63, 3.8) is 0 Å². The highest BCUT2D eigenvalue weighted by atomic mass is 16.2. The lowest BCUT2D eigenvalue weighted by molar-refractivity contribution is 0.153. The van der Waals surface area contributed by atoms with Crippen LogP contribution in [0.4, 0.5) is 4.79 Å². The van der Waals surface area contributed by atoms with Crippen LogP contribution >= 0.6 is 0 Å². The van der Waals surface area contributed by atoms with Gasteiger partial charge in [0.1, 0.15) is 0 Å². The highest BCUT2D eigenvalue weighted by molar-refractivity contribution is 5.74. The normalized spacial score (nSPS) is 32.6. The van der Waals surface area contributed by atoms with Crippen molar-refractivity contribution < 1.29 is 4.79 Å². The minimum atomic E-state index is 0.124. The molecule has 0 radical (unpaired) electrons. The van der Waals surface area contributed by atoms with Crippen molar-refractivity contribution in [2.45, 2.75) is 19.8 Å². The van der Waals surface area contributed by atoms with Crippen molar-refractivity contribution in [2.24, 2.45) is 11.8 Å². The summed E-state index contributed by atoms with van der Waals surface area (Å²) in [6.45, 7) is 7.06. The maximum Gasteiger partial charge on any atom is 0.317 e. The average Bonchev–Trinajstić information content (AvgIpc) is 2.25. The summed E-state index contributed by atoms with van der Waals surface area (Å²) < 4.78 is 0. The molecule has 86 valence electrons. The van der Waals surface area contributed by atoms with E-state index in [1.165, 1.54) is 12.8 Å². The summed E-state index contributed by atoms with van der Waals surface area (Å²) in [6.07, 6.45) is 2.50. The first-order valence-corrected chi connectivity index (χ1v) is 5.99. The van der Waals surface area contributed by atoms with Crippen LogP contribution in [0.15, 0.2) is 0 Å². The highest BCUT2D eigenvalue weighted by Gasteiger charge is 2.25. The third-order valence-electron chi connectivity index (χ3n) is 3.30. The first-order valence-electron chi connectivity index (χ1n) is 5.99. The molecule has 4 nitrogen and oxygen atoms in total. The van der Waals surface area contributed by atoms with E-state index in [2.05, 4.69) is 17.6 Å². The zero-order valence-electron chi connectivity index (χ0n) is 9.46. The Morgan fingerprint density at radius 1 is 1.47 bits per heavy atom. The van der Waals surface area contributed by atoms with Crippen molar-refractivity contribution >= 4 is 6.03 Å². The molecule has 2 atom stereocenters. The molecule has 2 amide bonds. The number of hydrogen-bond donors (Lipinski definition) is 2. The van der Waals surface area contributed by atoms with Crippen LogP contribution in [0.3, 0.4) is 0 Å². The Kier molecular flexibility index (Phi) is 3.46. The fourth-order valence-electron chi connectivity index (χ4n) is 2.45. The summed E-state index contributed by atoms with van der Waals surface area (Å²) in [5.74, 6) is 1.23. The van der Waals surface area contributed by atoms with E-state index in [1.807, 2.05) is 4.90 Å². The Balaban J connectivity index is 1.83. The molecule has 4 heteroatoms. The van der Waals surface area contributed by atoms with Crippen molar-refractivity contribution in [1.29, 1.82) is 0 Å². The SMILES string of the molecule is CC1CNC(=O)N(CC2CCCNC2)C1. The first-order chi connectivity index (χ1) is 7.25. The summed E-state index contributed by atoms with van der Waals surface area (Å²) in [5.41, 5.74) is 0. The second-order valence-corrected chi connectivity index (χ2v) is 4.91. The van der Waals surface area contributed by atoms with Gasteiger partial charge in [0.15, 0.2) is 0 Å². The van der Waals surface area contributed by atoms with Gasteiger partial charge in [-0.15, -0.1) is 0 Å². The van der Waals surface area contributed by atoms with Crippen LogP contribution in [-0.4, -0.2) is 43.7 Å². The third-order valence-corrected chi connectivity index (χ3v) is 3.30. The Morgan fingerprint density at radius 2 is 2.33 bits per heavy atom. The molecule has 15 heavy (non-hydrogen) atoms. The fourth-order valence-corrected chi connectivity index (χ4v) is 2.45. The molecule has 0 aliphatic carbocycles. The Morgan fingerprint density at radius 3 is 3.07 bits per heavy atom. The van der Waals surface area contributed by atoms with Crippen molar-refractivity contribution in [2.75, 3.05) is 32.7 Å². The largest absolute Gasteiger partial charge is 0.338 e. The van der Waals surface area contributed by atoms with Gasteiger partial charge in [0, 0.05) is 19.6 Å². The molecule has 2 saturated heterocycles. The zero-order chi connectivity index (χ0) is 10.7. The molecule has 2 fully saturated rings. The molecule has 0 spiro atoms. The van der Waals surface area contributed by atoms with Gasteiger partial charge in [-0.3, -0.25) is 0 Å². The summed E-state index contributed by atoms with van der Waals surface area (Å²) >= 11 is 0. The molecule has 0 aromatic carbocycles.